The van der Waals surface area contributed by atoms with Gasteiger partial charge in [-0.1, -0.05) is 11.6 Å². The van der Waals surface area contributed by atoms with Crippen molar-refractivity contribution in [1.82, 2.24) is 14.8 Å². The minimum Gasteiger partial charge on any atom is -0.497 e. The van der Waals surface area contributed by atoms with Gasteiger partial charge < -0.3 is 23.6 Å². The molecule has 4 rings (SSSR count). The number of benzene rings is 2. The molecule has 0 saturated heterocycles. The van der Waals surface area contributed by atoms with Gasteiger partial charge in [0.25, 0.3) is 5.69 Å². The molecule has 0 aliphatic rings. The number of nitro benzene ring substituents is 1. The van der Waals surface area contributed by atoms with Crippen molar-refractivity contribution in [1.29, 1.82) is 0 Å². The van der Waals surface area contributed by atoms with Crippen molar-refractivity contribution in [2.45, 2.75) is 18.6 Å². The van der Waals surface area contributed by atoms with Gasteiger partial charge in [0.2, 0.25) is 0 Å². The molecule has 0 fully saturated rings. The molecule has 0 saturated carbocycles. The highest BCUT2D eigenvalue weighted by Crippen LogP contribution is 2.36. The largest absolute Gasteiger partial charge is 0.497 e. The van der Waals surface area contributed by atoms with Crippen LogP contribution in [0, 0.1) is 10.1 Å². The van der Waals surface area contributed by atoms with Crippen molar-refractivity contribution in [3.05, 3.63) is 74.3 Å². The SMILES string of the molecule is CCn1c(S/C(=C\c2ccc(-c3ccc(Cl)cc3[N+](=O)[O-])o2)C(=O)O)nnc1-c1cc(OC)cc(OC)c1. The standard InChI is InChI=1S/C25H21ClN4O7S/c1-4-29-23(14-9-17(35-2)12-18(10-14)36-3)27-28-25(29)38-22(24(31)32)13-16-6-8-21(37-16)19-7-5-15(26)11-20(19)30(33)34/h5-13H,4H2,1-3H3,(H,31,32)/b22-13-. The second-order valence-corrected chi connectivity index (χ2v) is 9.13. The van der Waals surface area contributed by atoms with Crippen LogP contribution in [0.4, 0.5) is 5.69 Å². The van der Waals surface area contributed by atoms with Crippen LogP contribution >= 0.6 is 23.4 Å². The van der Waals surface area contributed by atoms with Gasteiger partial charge in [0.05, 0.1) is 24.7 Å². The molecule has 2 aromatic heterocycles. The van der Waals surface area contributed by atoms with Gasteiger partial charge in [-0.15, -0.1) is 10.2 Å². The van der Waals surface area contributed by atoms with Crippen LogP contribution in [0.1, 0.15) is 12.7 Å². The fourth-order valence-electron chi connectivity index (χ4n) is 3.60. The molecule has 0 aliphatic carbocycles. The normalized spacial score (nSPS) is 11.4. The molecule has 0 amide bonds. The average molecular weight is 557 g/mol. The molecule has 1 N–H and O–H groups in total. The highest BCUT2D eigenvalue weighted by atomic mass is 35.5. The van der Waals surface area contributed by atoms with Crippen molar-refractivity contribution in [3.8, 4) is 34.2 Å². The maximum Gasteiger partial charge on any atom is 0.342 e. The Morgan fingerprint density at radius 3 is 2.47 bits per heavy atom. The minimum absolute atomic E-state index is 0.0895. The second kappa shape index (κ2) is 11.4. The Morgan fingerprint density at radius 2 is 1.87 bits per heavy atom. The van der Waals surface area contributed by atoms with Gasteiger partial charge >= 0.3 is 5.97 Å². The minimum atomic E-state index is -1.21. The van der Waals surface area contributed by atoms with E-state index in [2.05, 4.69) is 10.2 Å². The molecule has 196 valence electrons. The lowest BCUT2D eigenvalue weighted by Crippen LogP contribution is -2.03. The third-order valence-corrected chi connectivity index (χ3v) is 6.61. The average Bonchev–Trinajstić information content (AvgIpc) is 3.54. The lowest BCUT2D eigenvalue weighted by molar-refractivity contribution is -0.384. The molecule has 13 heteroatoms. The topological polar surface area (TPSA) is 143 Å². The van der Waals surface area contributed by atoms with Gasteiger partial charge in [-0.3, -0.25) is 10.1 Å². The number of methoxy groups -OCH3 is 2. The third-order valence-electron chi connectivity index (χ3n) is 5.38. The van der Waals surface area contributed by atoms with Gasteiger partial charge in [0, 0.05) is 35.3 Å². The first kappa shape index (κ1) is 26.8. The van der Waals surface area contributed by atoms with Crippen LogP contribution in [0.25, 0.3) is 28.8 Å². The highest BCUT2D eigenvalue weighted by Gasteiger charge is 2.21. The van der Waals surface area contributed by atoms with E-state index in [0.717, 1.165) is 11.8 Å². The van der Waals surface area contributed by atoms with Crippen LogP contribution in [0.2, 0.25) is 5.02 Å². The Morgan fingerprint density at radius 1 is 1.16 bits per heavy atom. The van der Waals surface area contributed by atoms with E-state index in [1.165, 1.54) is 36.4 Å². The number of rotatable bonds is 10. The number of carboxylic acid groups (broad SMARTS) is 1. The number of furan rings is 1. The molecule has 0 spiro atoms. The predicted octanol–water partition coefficient (Wildman–Crippen LogP) is 6.02. The fourth-order valence-corrected chi connectivity index (χ4v) is 4.63. The molecule has 2 heterocycles. The van der Waals surface area contributed by atoms with Crippen molar-refractivity contribution in [2.75, 3.05) is 14.2 Å². The van der Waals surface area contributed by atoms with E-state index in [-0.39, 0.29) is 32.7 Å². The predicted molar refractivity (Wildman–Crippen MR) is 142 cm³/mol. The number of thioether (sulfide) groups is 1. The highest BCUT2D eigenvalue weighted by molar-refractivity contribution is 8.04. The number of aliphatic carboxylic acids is 1. The summed E-state index contributed by atoms with van der Waals surface area (Å²) in [6, 6.07) is 12.5. The Bertz CT molecular complexity index is 1520. The second-order valence-electron chi connectivity index (χ2n) is 7.69. The maximum atomic E-state index is 12.1. The summed E-state index contributed by atoms with van der Waals surface area (Å²) in [5.41, 5.74) is 0.670. The van der Waals surface area contributed by atoms with Crippen LogP contribution in [-0.4, -0.2) is 45.0 Å². The van der Waals surface area contributed by atoms with E-state index in [4.69, 9.17) is 25.5 Å². The maximum absolute atomic E-state index is 12.1. The summed E-state index contributed by atoms with van der Waals surface area (Å²) in [7, 11) is 3.08. The van der Waals surface area contributed by atoms with Crippen LogP contribution in [0.5, 0.6) is 11.5 Å². The first-order valence-electron chi connectivity index (χ1n) is 11.1. The third kappa shape index (κ3) is 5.66. The molecule has 4 aromatic rings. The van der Waals surface area contributed by atoms with Crippen molar-refractivity contribution >= 4 is 41.1 Å². The summed E-state index contributed by atoms with van der Waals surface area (Å²) in [4.78, 5) is 22.9. The van der Waals surface area contributed by atoms with Crippen molar-refractivity contribution in [2.24, 2.45) is 0 Å². The van der Waals surface area contributed by atoms with Gasteiger partial charge in [-0.25, -0.2) is 4.79 Å². The molecule has 0 radical (unpaired) electrons. The Balaban J connectivity index is 1.67. The number of carbonyl (C=O) groups is 1. The zero-order valence-electron chi connectivity index (χ0n) is 20.4. The zero-order chi connectivity index (χ0) is 27.4. The lowest BCUT2D eigenvalue weighted by Gasteiger charge is -2.10. The first-order chi connectivity index (χ1) is 18.2. The molecular formula is C25H21ClN4O7S. The molecule has 0 aliphatic heterocycles. The van der Waals surface area contributed by atoms with E-state index in [9.17, 15) is 20.0 Å². The number of aromatic nitrogens is 3. The number of hydrogen-bond donors (Lipinski definition) is 1. The van der Waals surface area contributed by atoms with Crippen molar-refractivity contribution in [3.63, 3.8) is 0 Å². The summed E-state index contributed by atoms with van der Waals surface area (Å²) in [5.74, 6) is 0.822. The first-order valence-corrected chi connectivity index (χ1v) is 12.3. The Labute approximate surface area is 225 Å². The quantitative estimate of drug-likeness (QED) is 0.106. The van der Waals surface area contributed by atoms with Gasteiger partial charge in [0.1, 0.15) is 27.9 Å². The van der Waals surface area contributed by atoms with E-state index in [1.54, 1.807) is 37.0 Å². The molecule has 11 nitrogen and oxygen atoms in total. The van der Waals surface area contributed by atoms with Crippen LogP contribution in [0.3, 0.4) is 0 Å². The smallest absolute Gasteiger partial charge is 0.342 e. The molecule has 0 bridgehead atoms. The number of carboxylic acids is 1. The molecule has 0 atom stereocenters. The van der Waals surface area contributed by atoms with Crippen LogP contribution in [-0.2, 0) is 11.3 Å². The zero-order valence-corrected chi connectivity index (χ0v) is 21.9. The summed E-state index contributed by atoms with van der Waals surface area (Å²) >= 11 is 6.79. The Hall–Kier alpha value is -4.29. The molecule has 2 aromatic carbocycles. The number of halogens is 1. The van der Waals surface area contributed by atoms with Crippen molar-refractivity contribution < 1.29 is 28.7 Å². The summed E-state index contributed by atoms with van der Waals surface area (Å²) in [6.07, 6.45) is 1.32. The van der Waals surface area contributed by atoms with Gasteiger partial charge in [-0.2, -0.15) is 0 Å². The molecule has 38 heavy (non-hydrogen) atoms. The van der Waals surface area contributed by atoms with Crippen LogP contribution < -0.4 is 9.47 Å². The lowest BCUT2D eigenvalue weighted by atomic mass is 10.1. The Kier molecular flexibility index (Phi) is 8.03. The number of nitro groups is 1. The van der Waals surface area contributed by atoms with Crippen LogP contribution in [0.15, 0.2) is 63.0 Å². The van der Waals surface area contributed by atoms with E-state index in [1.807, 2.05) is 6.92 Å². The number of nitrogens with zero attached hydrogens (tertiary/aromatic N) is 4. The molecule has 0 unspecified atom stereocenters. The summed E-state index contributed by atoms with van der Waals surface area (Å²) in [5, 5.41) is 30.3. The number of ether oxygens (including phenoxy) is 2. The van der Waals surface area contributed by atoms with E-state index < -0.39 is 10.9 Å². The van der Waals surface area contributed by atoms with Gasteiger partial charge in [-0.05, 0) is 55.1 Å². The van der Waals surface area contributed by atoms with E-state index >= 15 is 0 Å². The van der Waals surface area contributed by atoms with E-state index in [0.29, 0.717) is 34.6 Å². The fraction of sp³-hybridized carbons (Fsp3) is 0.160. The molecular weight excluding hydrogens is 536 g/mol. The summed E-state index contributed by atoms with van der Waals surface area (Å²) < 4.78 is 18.2. The number of hydrogen-bond acceptors (Lipinski definition) is 9. The van der Waals surface area contributed by atoms with Gasteiger partial charge in [0.15, 0.2) is 11.0 Å². The monoisotopic (exact) mass is 556 g/mol. The summed E-state index contributed by atoms with van der Waals surface area (Å²) in [6.45, 7) is 2.35.